The van der Waals surface area contributed by atoms with Gasteiger partial charge in [-0.15, -0.1) is 0 Å². The molecule has 0 aliphatic carbocycles. The summed E-state index contributed by atoms with van der Waals surface area (Å²) in [7, 11) is 0. The number of hydrogen-bond acceptors (Lipinski definition) is 2. The standard InChI is InChI=1S/C25H25N3O/c29-25(28-17-20-12-14-26-15-13-20)16-21(11-10-19-6-2-1-3-7-19)23-18-27-24-9-5-4-8-22(23)24/h1-9,12-15,18,21,27H,10-11,16-17H2,(H,28,29)/t21-/m1/s1. The summed E-state index contributed by atoms with van der Waals surface area (Å²) < 4.78 is 0. The van der Waals surface area contributed by atoms with Crippen LogP contribution in [0.15, 0.2) is 85.3 Å². The van der Waals surface area contributed by atoms with Crippen molar-refractivity contribution in [3.8, 4) is 0 Å². The van der Waals surface area contributed by atoms with Gasteiger partial charge in [-0.3, -0.25) is 9.78 Å². The lowest BCUT2D eigenvalue weighted by molar-refractivity contribution is -0.121. The molecule has 146 valence electrons. The van der Waals surface area contributed by atoms with Gasteiger partial charge in [0.1, 0.15) is 0 Å². The highest BCUT2D eigenvalue weighted by molar-refractivity contribution is 5.85. The third kappa shape index (κ3) is 4.91. The average Bonchev–Trinajstić information content (AvgIpc) is 3.21. The van der Waals surface area contributed by atoms with Gasteiger partial charge in [-0.25, -0.2) is 0 Å². The van der Waals surface area contributed by atoms with Crippen LogP contribution in [0.25, 0.3) is 10.9 Å². The van der Waals surface area contributed by atoms with Crippen LogP contribution in [0, 0.1) is 0 Å². The molecule has 2 aromatic carbocycles. The van der Waals surface area contributed by atoms with Crippen molar-refractivity contribution in [3.63, 3.8) is 0 Å². The molecular weight excluding hydrogens is 358 g/mol. The molecule has 0 spiro atoms. The molecule has 1 amide bonds. The Balaban J connectivity index is 1.49. The Morgan fingerprint density at radius 1 is 0.931 bits per heavy atom. The Morgan fingerprint density at radius 3 is 2.52 bits per heavy atom. The predicted octanol–water partition coefficient (Wildman–Crippen LogP) is 4.99. The third-order valence-electron chi connectivity index (χ3n) is 5.36. The van der Waals surface area contributed by atoms with Gasteiger partial charge in [0.15, 0.2) is 0 Å². The first-order chi connectivity index (χ1) is 14.3. The van der Waals surface area contributed by atoms with Gasteiger partial charge in [0.05, 0.1) is 0 Å². The number of nitrogens with zero attached hydrogens (tertiary/aromatic N) is 1. The number of carbonyl (C=O) groups excluding carboxylic acids is 1. The van der Waals surface area contributed by atoms with Crippen molar-refractivity contribution in [1.82, 2.24) is 15.3 Å². The normalized spacial score (nSPS) is 12.0. The number of aromatic nitrogens is 2. The highest BCUT2D eigenvalue weighted by Gasteiger charge is 2.19. The van der Waals surface area contributed by atoms with E-state index in [2.05, 4.69) is 63.9 Å². The number of aryl methyl sites for hydroxylation is 1. The topological polar surface area (TPSA) is 57.8 Å². The van der Waals surface area contributed by atoms with Crippen LogP contribution in [-0.4, -0.2) is 15.9 Å². The molecule has 1 atom stereocenters. The van der Waals surface area contributed by atoms with Crippen LogP contribution in [-0.2, 0) is 17.8 Å². The molecule has 0 aliphatic rings. The number of benzene rings is 2. The van der Waals surface area contributed by atoms with Gasteiger partial charge in [-0.1, -0.05) is 48.5 Å². The minimum absolute atomic E-state index is 0.0742. The molecule has 0 saturated heterocycles. The van der Waals surface area contributed by atoms with E-state index in [0.717, 1.165) is 23.9 Å². The molecule has 4 heteroatoms. The van der Waals surface area contributed by atoms with E-state index in [1.807, 2.05) is 24.3 Å². The highest BCUT2D eigenvalue weighted by Crippen LogP contribution is 2.31. The Hall–Kier alpha value is -3.40. The zero-order chi connectivity index (χ0) is 19.9. The number of hydrogen-bond donors (Lipinski definition) is 2. The van der Waals surface area contributed by atoms with Crippen LogP contribution in [0.4, 0.5) is 0 Å². The maximum Gasteiger partial charge on any atom is 0.220 e. The number of rotatable bonds is 8. The van der Waals surface area contributed by atoms with Gasteiger partial charge in [0.2, 0.25) is 5.91 Å². The summed E-state index contributed by atoms with van der Waals surface area (Å²) in [6.45, 7) is 0.528. The second kappa shape index (κ2) is 9.20. The van der Waals surface area contributed by atoms with E-state index < -0.39 is 0 Å². The van der Waals surface area contributed by atoms with Gasteiger partial charge in [-0.2, -0.15) is 0 Å². The van der Waals surface area contributed by atoms with E-state index >= 15 is 0 Å². The predicted molar refractivity (Wildman–Crippen MR) is 117 cm³/mol. The van der Waals surface area contributed by atoms with Crippen LogP contribution in [0.2, 0.25) is 0 Å². The molecule has 0 bridgehead atoms. The number of para-hydroxylation sites is 1. The first-order valence-corrected chi connectivity index (χ1v) is 10.0. The van der Waals surface area contributed by atoms with Crippen molar-refractivity contribution in [2.24, 2.45) is 0 Å². The van der Waals surface area contributed by atoms with E-state index in [4.69, 9.17) is 0 Å². The first-order valence-electron chi connectivity index (χ1n) is 10.0. The molecule has 0 aliphatic heterocycles. The lowest BCUT2D eigenvalue weighted by Crippen LogP contribution is -2.24. The molecule has 2 aromatic heterocycles. The summed E-state index contributed by atoms with van der Waals surface area (Å²) >= 11 is 0. The molecule has 0 fully saturated rings. The summed E-state index contributed by atoms with van der Waals surface area (Å²) in [6, 6.07) is 22.6. The maximum atomic E-state index is 12.7. The SMILES string of the molecule is O=C(C[C@@H](CCc1ccccc1)c1c[nH]c2ccccc12)NCc1ccncc1. The van der Waals surface area contributed by atoms with Crippen LogP contribution in [0.5, 0.6) is 0 Å². The van der Waals surface area contributed by atoms with E-state index in [0.29, 0.717) is 13.0 Å². The van der Waals surface area contributed by atoms with Crippen LogP contribution in [0.3, 0.4) is 0 Å². The lowest BCUT2D eigenvalue weighted by Gasteiger charge is -2.17. The summed E-state index contributed by atoms with van der Waals surface area (Å²) in [5.41, 5.74) is 4.69. The number of H-pyrrole nitrogens is 1. The fourth-order valence-electron chi connectivity index (χ4n) is 3.78. The fourth-order valence-corrected chi connectivity index (χ4v) is 3.78. The largest absolute Gasteiger partial charge is 0.361 e. The van der Waals surface area contributed by atoms with Gasteiger partial charge >= 0.3 is 0 Å². The maximum absolute atomic E-state index is 12.7. The molecule has 2 heterocycles. The second-order valence-electron chi connectivity index (χ2n) is 7.35. The number of amides is 1. The number of aromatic amines is 1. The van der Waals surface area contributed by atoms with Crippen molar-refractivity contribution in [2.75, 3.05) is 0 Å². The van der Waals surface area contributed by atoms with E-state index in [1.54, 1.807) is 12.4 Å². The molecule has 4 nitrogen and oxygen atoms in total. The average molecular weight is 383 g/mol. The molecule has 2 N–H and O–H groups in total. The number of nitrogens with one attached hydrogen (secondary N) is 2. The Bertz CT molecular complexity index is 1060. The number of carbonyl (C=O) groups is 1. The van der Waals surface area contributed by atoms with Crippen LogP contribution in [0.1, 0.15) is 35.4 Å². The monoisotopic (exact) mass is 383 g/mol. The lowest BCUT2D eigenvalue weighted by atomic mass is 9.89. The van der Waals surface area contributed by atoms with Gasteiger partial charge in [0, 0.05) is 42.5 Å². The summed E-state index contributed by atoms with van der Waals surface area (Å²) in [5.74, 6) is 0.231. The molecule has 0 radical (unpaired) electrons. The smallest absolute Gasteiger partial charge is 0.220 e. The molecule has 0 saturated carbocycles. The van der Waals surface area contributed by atoms with Crippen molar-refractivity contribution < 1.29 is 4.79 Å². The Morgan fingerprint density at radius 2 is 1.69 bits per heavy atom. The van der Waals surface area contributed by atoms with Gasteiger partial charge in [0.25, 0.3) is 0 Å². The molecule has 4 aromatic rings. The zero-order valence-corrected chi connectivity index (χ0v) is 16.3. The van der Waals surface area contributed by atoms with E-state index in [1.165, 1.54) is 16.5 Å². The van der Waals surface area contributed by atoms with Crippen molar-refractivity contribution >= 4 is 16.8 Å². The summed E-state index contributed by atoms with van der Waals surface area (Å²) in [5, 5.41) is 4.26. The minimum Gasteiger partial charge on any atom is -0.361 e. The molecule has 0 unspecified atom stereocenters. The van der Waals surface area contributed by atoms with E-state index in [-0.39, 0.29) is 11.8 Å². The van der Waals surface area contributed by atoms with Gasteiger partial charge < -0.3 is 10.3 Å². The van der Waals surface area contributed by atoms with Crippen LogP contribution >= 0.6 is 0 Å². The summed E-state index contributed by atoms with van der Waals surface area (Å²) in [4.78, 5) is 20.1. The number of fused-ring (bicyclic) bond motifs is 1. The van der Waals surface area contributed by atoms with E-state index in [9.17, 15) is 4.79 Å². The quantitative estimate of drug-likeness (QED) is 0.450. The highest BCUT2D eigenvalue weighted by atomic mass is 16.1. The van der Waals surface area contributed by atoms with Crippen molar-refractivity contribution in [2.45, 2.75) is 31.7 Å². The van der Waals surface area contributed by atoms with Crippen LogP contribution < -0.4 is 5.32 Å². The third-order valence-corrected chi connectivity index (χ3v) is 5.36. The first kappa shape index (κ1) is 18.9. The number of pyridine rings is 1. The van der Waals surface area contributed by atoms with Gasteiger partial charge in [-0.05, 0) is 53.6 Å². The molecule has 4 rings (SSSR count). The Kier molecular flexibility index (Phi) is 6.01. The second-order valence-corrected chi connectivity index (χ2v) is 7.35. The molecule has 29 heavy (non-hydrogen) atoms. The minimum atomic E-state index is 0.0742. The van der Waals surface area contributed by atoms with Crippen molar-refractivity contribution in [3.05, 3.63) is 102 Å². The van der Waals surface area contributed by atoms with Crippen molar-refractivity contribution in [1.29, 1.82) is 0 Å². The summed E-state index contributed by atoms with van der Waals surface area (Å²) in [6.07, 6.45) is 7.90. The zero-order valence-electron chi connectivity index (χ0n) is 16.3. The molecular formula is C25H25N3O. The Labute approximate surface area is 171 Å². The fraction of sp³-hybridized carbons (Fsp3) is 0.200.